The van der Waals surface area contributed by atoms with Crippen LogP contribution in [0.2, 0.25) is 0 Å². The van der Waals surface area contributed by atoms with Crippen LogP contribution in [-0.4, -0.2) is 24.3 Å². The molecule has 2 N–H and O–H groups in total. The van der Waals surface area contributed by atoms with Gasteiger partial charge in [-0.3, -0.25) is 14.4 Å². The summed E-state index contributed by atoms with van der Waals surface area (Å²) in [5.74, 6) is -1.32. The fourth-order valence-electron chi connectivity index (χ4n) is 3.23. The van der Waals surface area contributed by atoms with Gasteiger partial charge in [-0.15, -0.1) is 0 Å². The van der Waals surface area contributed by atoms with Crippen LogP contribution in [-0.2, 0) is 22.2 Å². The second-order valence-electron chi connectivity index (χ2n) is 6.66. The van der Waals surface area contributed by atoms with Crippen LogP contribution in [0.3, 0.4) is 0 Å². The van der Waals surface area contributed by atoms with Crippen molar-refractivity contribution in [2.24, 2.45) is 0 Å². The highest BCUT2D eigenvalue weighted by Gasteiger charge is 2.34. The van der Waals surface area contributed by atoms with Gasteiger partial charge in [0.1, 0.15) is 0 Å². The topological polar surface area (TPSA) is 78.5 Å². The van der Waals surface area contributed by atoms with E-state index in [-0.39, 0.29) is 17.2 Å². The zero-order valence-electron chi connectivity index (χ0n) is 15.7. The van der Waals surface area contributed by atoms with E-state index in [9.17, 15) is 27.6 Å². The van der Waals surface area contributed by atoms with Crippen LogP contribution in [0.4, 0.5) is 30.2 Å². The second-order valence-corrected chi connectivity index (χ2v) is 6.66. The molecule has 3 amide bonds. The summed E-state index contributed by atoms with van der Waals surface area (Å²) in [5.41, 5.74) is 0.163. The normalized spacial score (nSPS) is 13.1. The molecule has 0 atom stereocenters. The molecule has 152 valence electrons. The Bertz CT molecular complexity index is 1000. The Kier molecular flexibility index (Phi) is 5.32. The molecule has 0 saturated carbocycles. The Labute approximate surface area is 164 Å². The number of nitrogens with one attached hydrogen (secondary N) is 2. The van der Waals surface area contributed by atoms with Crippen molar-refractivity contribution in [3.05, 3.63) is 53.1 Å². The molecule has 9 heteroatoms. The average molecular weight is 405 g/mol. The van der Waals surface area contributed by atoms with Gasteiger partial charge in [-0.25, -0.2) is 0 Å². The Morgan fingerprint density at radius 2 is 1.72 bits per heavy atom. The monoisotopic (exact) mass is 405 g/mol. The summed E-state index contributed by atoms with van der Waals surface area (Å²) < 4.78 is 40.2. The number of halogens is 3. The number of alkyl halides is 3. The van der Waals surface area contributed by atoms with Gasteiger partial charge in [0, 0.05) is 37.3 Å². The quantitative estimate of drug-likeness (QED) is 0.815. The molecule has 1 aliphatic heterocycles. The van der Waals surface area contributed by atoms with E-state index in [2.05, 4.69) is 10.6 Å². The number of nitrogens with zero attached hydrogens (tertiary/aromatic N) is 1. The maximum atomic E-state index is 13.4. The van der Waals surface area contributed by atoms with Gasteiger partial charge >= 0.3 is 6.18 Å². The molecular formula is C20H18F3N3O3. The van der Waals surface area contributed by atoms with E-state index >= 15 is 0 Å². The number of anilines is 3. The molecule has 29 heavy (non-hydrogen) atoms. The lowest BCUT2D eigenvalue weighted by molar-refractivity contribution is -0.137. The van der Waals surface area contributed by atoms with Crippen molar-refractivity contribution < 1.29 is 27.6 Å². The van der Waals surface area contributed by atoms with Crippen LogP contribution in [0.1, 0.15) is 35.3 Å². The Balaban J connectivity index is 1.87. The summed E-state index contributed by atoms with van der Waals surface area (Å²) in [6.07, 6.45) is -4.16. The Hall–Kier alpha value is -3.36. The minimum atomic E-state index is -4.73. The van der Waals surface area contributed by atoms with Gasteiger partial charge in [-0.05, 0) is 48.4 Å². The molecule has 2 aromatic rings. The molecule has 6 nitrogen and oxygen atoms in total. The summed E-state index contributed by atoms with van der Waals surface area (Å²) in [4.78, 5) is 36.8. The van der Waals surface area contributed by atoms with Crippen molar-refractivity contribution in [2.75, 3.05) is 22.1 Å². The molecule has 1 heterocycles. The van der Waals surface area contributed by atoms with Gasteiger partial charge in [0.25, 0.3) is 5.91 Å². The fraction of sp³-hybridized carbons (Fsp3) is 0.250. The van der Waals surface area contributed by atoms with Crippen molar-refractivity contribution in [1.82, 2.24) is 0 Å². The molecule has 0 unspecified atom stereocenters. The van der Waals surface area contributed by atoms with Crippen LogP contribution < -0.4 is 15.5 Å². The van der Waals surface area contributed by atoms with Gasteiger partial charge in [-0.1, -0.05) is 0 Å². The third-order valence-electron chi connectivity index (χ3n) is 4.51. The van der Waals surface area contributed by atoms with E-state index in [4.69, 9.17) is 0 Å². The standard InChI is InChI=1S/C20H18F3N3O3/c1-11(27)24-15-4-5-17(16(10-15)20(21,22)23)25-19(29)14-3-6-18-13(9-14)7-8-26(18)12(2)28/h3-6,9-10H,7-8H2,1-2H3,(H,24,27)(H,25,29). The molecule has 0 spiro atoms. The summed E-state index contributed by atoms with van der Waals surface area (Å²) in [5, 5.41) is 4.57. The zero-order chi connectivity index (χ0) is 21.3. The van der Waals surface area contributed by atoms with Crippen molar-refractivity contribution >= 4 is 34.8 Å². The number of carbonyl (C=O) groups is 3. The molecule has 0 saturated heterocycles. The molecule has 0 aliphatic carbocycles. The van der Waals surface area contributed by atoms with Gasteiger partial charge in [0.05, 0.1) is 11.3 Å². The Morgan fingerprint density at radius 3 is 2.34 bits per heavy atom. The van der Waals surface area contributed by atoms with Gasteiger partial charge in [0.15, 0.2) is 0 Å². The highest BCUT2D eigenvalue weighted by molar-refractivity contribution is 6.06. The van der Waals surface area contributed by atoms with Crippen LogP contribution in [0, 0.1) is 0 Å². The largest absolute Gasteiger partial charge is 0.418 e. The maximum Gasteiger partial charge on any atom is 0.418 e. The summed E-state index contributed by atoms with van der Waals surface area (Å²) >= 11 is 0. The summed E-state index contributed by atoms with van der Waals surface area (Å²) in [6.45, 7) is 3.13. The van der Waals surface area contributed by atoms with Crippen molar-refractivity contribution in [3.8, 4) is 0 Å². The number of hydrogen-bond acceptors (Lipinski definition) is 3. The summed E-state index contributed by atoms with van der Waals surface area (Å²) in [6, 6.07) is 7.80. The molecule has 3 rings (SSSR count). The first-order valence-corrected chi connectivity index (χ1v) is 8.77. The third-order valence-corrected chi connectivity index (χ3v) is 4.51. The highest BCUT2D eigenvalue weighted by atomic mass is 19.4. The highest BCUT2D eigenvalue weighted by Crippen LogP contribution is 2.37. The minimum Gasteiger partial charge on any atom is -0.326 e. The van der Waals surface area contributed by atoms with E-state index < -0.39 is 29.2 Å². The molecule has 2 aromatic carbocycles. The van der Waals surface area contributed by atoms with E-state index in [1.165, 1.54) is 26.0 Å². The SMILES string of the molecule is CC(=O)Nc1ccc(NC(=O)c2ccc3c(c2)CCN3C(C)=O)c(C(F)(F)F)c1. The first-order chi connectivity index (χ1) is 13.6. The van der Waals surface area contributed by atoms with Crippen molar-refractivity contribution in [3.63, 3.8) is 0 Å². The number of benzene rings is 2. The molecule has 0 fully saturated rings. The van der Waals surface area contributed by atoms with E-state index in [0.717, 1.165) is 17.7 Å². The number of amides is 3. The van der Waals surface area contributed by atoms with E-state index in [1.807, 2.05) is 0 Å². The van der Waals surface area contributed by atoms with Crippen LogP contribution in [0.5, 0.6) is 0 Å². The lowest BCUT2D eigenvalue weighted by Crippen LogP contribution is -2.25. The molecular weight excluding hydrogens is 387 g/mol. The lowest BCUT2D eigenvalue weighted by atomic mass is 10.1. The van der Waals surface area contributed by atoms with E-state index in [0.29, 0.717) is 18.7 Å². The number of hydrogen-bond donors (Lipinski definition) is 2. The lowest BCUT2D eigenvalue weighted by Gasteiger charge is -2.16. The third kappa shape index (κ3) is 4.39. The second kappa shape index (κ2) is 7.57. The Morgan fingerprint density at radius 1 is 1.00 bits per heavy atom. The predicted molar refractivity (Wildman–Crippen MR) is 102 cm³/mol. The van der Waals surface area contributed by atoms with Crippen molar-refractivity contribution in [2.45, 2.75) is 26.4 Å². The van der Waals surface area contributed by atoms with Crippen LogP contribution in [0.15, 0.2) is 36.4 Å². The van der Waals surface area contributed by atoms with Crippen LogP contribution >= 0.6 is 0 Å². The van der Waals surface area contributed by atoms with E-state index in [1.54, 1.807) is 17.0 Å². The first-order valence-electron chi connectivity index (χ1n) is 8.77. The summed E-state index contributed by atoms with van der Waals surface area (Å²) in [7, 11) is 0. The minimum absolute atomic E-state index is 0.0234. The first kappa shape index (κ1) is 20.4. The number of carbonyl (C=O) groups excluding carboxylic acids is 3. The molecule has 0 aromatic heterocycles. The average Bonchev–Trinajstić information content (AvgIpc) is 3.05. The number of rotatable bonds is 3. The zero-order valence-corrected chi connectivity index (χ0v) is 15.7. The molecule has 0 bridgehead atoms. The maximum absolute atomic E-state index is 13.4. The van der Waals surface area contributed by atoms with Gasteiger partial charge < -0.3 is 15.5 Å². The van der Waals surface area contributed by atoms with Gasteiger partial charge in [0.2, 0.25) is 11.8 Å². The molecule has 0 radical (unpaired) electrons. The smallest absolute Gasteiger partial charge is 0.326 e. The van der Waals surface area contributed by atoms with Crippen LogP contribution in [0.25, 0.3) is 0 Å². The predicted octanol–water partition coefficient (Wildman–Crippen LogP) is 3.83. The fourth-order valence-corrected chi connectivity index (χ4v) is 3.23. The van der Waals surface area contributed by atoms with Crippen molar-refractivity contribution in [1.29, 1.82) is 0 Å². The van der Waals surface area contributed by atoms with Gasteiger partial charge in [-0.2, -0.15) is 13.2 Å². The number of fused-ring (bicyclic) bond motifs is 1. The molecule has 1 aliphatic rings.